The number of imidazole rings is 2. The third-order valence-corrected chi connectivity index (χ3v) is 7.99. The van der Waals surface area contributed by atoms with Gasteiger partial charge in [-0.3, -0.25) is 13.8 Å². The summed E-state index contributed by atoms with van der Waals surface area (Å²) in [5.74, 6) is 1.50. The Balaban J connectivity index is 1.24. The number of pyridine rings is 3. The molecule has 0 saturated carbocycles. The molecule has 0 saturated heterocycles. The predicted molar refractivity (Wildman–Crippen MR) is 164 cm³/mol. The van der Waals surface area contributed by atoms with Crippen LogP contribution in [0.2, 0.25) is 0 Å². The molecule has 6 heteroatoms. The lowest BCUT2D eigenvalue weighted by Gasteiger charge is -2.14. The van der Waals surface area contributed by atoms with E-state index in [4.69, 9.17) is 9.72 Å². The van der Waals surface area contributed by atoms with Crippen molar-refractivity contribution < 1.29 is 4.74 Å². The predicted octanol–water partition coefficient (Wildman–Crippen LogP) is 8.45. The molecular formula is C35H21N5O. The minimum atomic E-state index is 0.750. The summed E-state index contributed by atoms with van der Waals surface area (Å²) in [5.41, 5.74) is 6.31. The Morgan fingerprint density at radius 3 is 2.02 bits per heavy atom. The van der Waals surface area contributed by atoms with Gasteiger partial charge in [0.2, 0.25) is 0 Å². The molecule has 0 unspecified atom stereocenters. The minimum Gasteiger partial charge on any atom is -0.457 e. The Bertz CT molecular complexity index is 2460. The molecule has 9 aromatic rings. The minimum absolute atomic E-state index is 0.750. The Hall–Kier alpha value is -5.75. The van der Waals surface area contributed by atoms with Gasteiger partial charge >= 0.3 is 0 Å². The molecule has 0 aliphatic carbocycles. The summed E-state index contributed by atoms with van der Waals surface area (Å²) in [6.07, 6.45) is 11.4. The summed E-state index contributed by atoms with van der Waals surface area (Å²) in [4.78, 5) is 13.7. The van der Waals surface area contributed by atoms with Crippen LogP contribution in [-0.4, -0.2) is 23.8 Å². The Morgan fingerprint density at radius 1 is 0.537 bits per heavy atom. The van der Waals surface area contributed by atoms with Gasteiger partial charge in [-0.1, -0.05) is 42.5 Å². The van der Waals surface area contributed by atoms with Crippen molar-refractivity contribution in [3.05, 3.63) is 128 Å². The molecule has 0 spiro atoms. The molecule has 6 nitrogen and oxygen atoms in total. The molecule has 0 aliphatic rings. The average molecular weight is 528 g/mol. The Labute approximate surface area is 233 Å². The van der Waals surface area contributed by atoms with Crippen molar-refractivity contribution in [2.75, 3.05) is 0 Å². The first-order valence-electron chi connectivity index (χ1n) is 13.5. The molecule has 4 aromatic carbocycles. The van der Waals surface area contributed by atoms with Crippen LogP contribution in [0.5, 0.6) is 11.5 Å². The van der Waals surface area contributed by atoms with E-state index in [-0.39, 0.29) is 0 Å². The molecule has 0 amide bonds. The Kier molecular flexibility index (Phi) is 4.51. The molecule has 0 fully saturated rings. The third-order valence-electron chi connectivity index (χ3n) is 7.99. The second-order valence-corrected chi connectivity index (χ2v) is 10.2. The second kappa shape index (κ2) is 8.37. The first-order chi connectivity index (χ1) is 20.3. The van der Waals surface area contributed by atoms with Gasteiger partial charge in [0.25, 0.3) is 0 Å². The van der Waals surface area contributed by atoms with Gasteiger partial charge in [0.05, 0.1) is 17.2 Å². The molecule has 0 bridgehead atoms. The van der Waals surface area contributed by atoms with Crippen LogP contribution in [0.1, 0.15) is 0 Å². The summed E-state index contributed by atoms with van der Waals surface area (Å²) in [7, 11) is 0. The molecule has 0 atom stereocenters. The lowest BCUT2D eigenvalue weighted by molar-refractivity contribution is 0.484. The van der Waals surface area contributed by atoms with Gasteiger partial charge in [0.15, 0.2) is 0 Å². The van der Waals surface area contributed by atoms with Crippen molar-refractivity contribution >= 4 is 54.6 Å². The largest absolute Gasteiger partial charge is 0.457 e. The zero-order valence-electron chi connectivity index (χ0n) is 21.8. The molecule has 0 radical (unpaired) electrons. The van der Waals surface area contributed by atoms with Gasteiger partial charge in [-0.25, -0.2) is 9.97 Å². The molecule has 9 rings (SSSR count). The summed E-state index contributed by atoms with van der Waals surface area (Å²) >= 11 is 0. The van der Waals surface area contributed by atoms with Gasteiger partial charge in [-0.2, -0.15) is 0 Å². The molecular weight excluding hydrogens is 506 g/mol. The van der Waals surface area contributed by atoms with Crippen LogP contribution in [0.3, 0.4) is 0 Å². The molecule has 41 heavy (non-hydrogen) atoms. The second-order valence-electron chi connectivity index (χ2n) is 10.2. The number of rotatable bonds is 3. The van der Waals surface area contributed by atoms with Gasteiger partial charge < -0.3 is 4.74 Å². The van der Waals surface area contributed by atoms with Crippen molar-refractivity contribution in [2.45, 2.75) is 0 Å². The van der Waals surface area contributed by atoms with E-state index in [1.54, 1.807) is 0 Å². The normalized spacial score (nSPS) is 11.9. The van der Waals surface area contributed by atoms with Gasteiger partial charge in [-0.15, -0.1) is 0 Å². The summed E-state index contributed by atoms with van der Waals surface area (Å²) in [6.45, 7) is 0. The quantitative estimate of drug-likeness (QED) is 0.216. The number of hydrogen-bond acceptors (Lipinski definition) is 4. The number of nitrogens with zero attached hydrogens (tertiary/aromatic N) is 5. The fraction of sp³-hybridized carbons (Fsp3) is 0. The monoisotopic (exact) mass is 527 g/mol. The maximum Gasteiger partial charge on any atom is 0.145 e. The van der Waals surface area contributed by atoms with Crippen LogP contribution < -0.4 is 4.74 Å². The van der Waals surface area contributed by atoms with Crippen molar-refractivity contribution in [3.63, 3.8) is 0 Å². The van der Waals surface area contributed by atoms with Crippen LogP contribution in [0.25, 0.3) is 65.8 Å². The van der Waals surface area contributed by atoms with E-state index in [9.17, 15) is 0 Å². The van der Waals surface area contributed by atoms with Crippen molar-refractivity contribution in [1.82, 2.24) is 23.8 Å². The van der Waals surface area contributed by atoms with Gasteiger partial charge in [-0.05, 0) is 70.4 Å². The van der Waals surface area contributed by atoms with E-state index in [1.807, 2.05) is 55.4 Å². The lowest BCUT2D eigenvalue weighted by Crippen LogP contribution is -1.94. The molecule has 5 heterocycles. The Morgan fingerprint density at radius 2 is 1.24 bits per heavy atom. The van der Waals surface area contributed by atoms with E-state index in [2.05, 4.69) is 91.6 Å². The number of fused-ring (bicyclic) bond motifs is 12. The lowest BCUT2D eigenvalue weighted by atomic mass is 9.96. The highest BCUT2D eigenvalue weighted by molar-refractivity contribution is 6.17. The number of hydrogen-bond donors (Lipinski definition) is 0. The van der Waals surface area contributed by atoms with Gasteiger partial charge in [0.1, 0.15) is 22.8 Å². The summed E-state index contributed by atoms with van der Waals surface area (Å²) < 4.78 is 10.7. The van der Waals surface area contributed by atoms with E-state index < -0.39 is 0 Å². The molecule has 192 valence electrons. The fourth-order valence-corrected chi connectivity index (χ4v) is 6.21. The van der Waals surface area contributed by atoms with E-state index >= 15 is 0 Å². The number of aromatic nitrogens is 5. The van der Waals surface area contributed by atoms with Crippen LogP contribution in [0.4, 0.5) is 0 Å². The molecule has 5 aromatic heterocycles. The summed E-state index contributed by atoms with van der Waals surface area (Å²) in [5, 5.41) is 6.65. The first kappa shape index (κ1) is 22.1. The number of benzene rings is 4. The van der Waals surface area contributed by atoms with E-state index in [0.29, 0.717) is 0 Å². The smallest absolute Gasteiger partial charge is 0.145 e. The maximum atomic E-state index is 6.50. The zero-order valence-corrected chi connectivity index (χ0v) is 21.8. The SMILES string of the molecule is c1ccc(-c2cccc3c2c2ccc(Oc4ccc5c6ccncc6n6ccnc6c5c4)cc2c2nccn32)cc1. The highest BCUT2D eigenvalue weighted by Crippen LogP contribution is 2.39. The third kappa shape index (κ3) is 3.22. The van der Waals surface area contributed by atoms with Crippen LogP contribution >= 0.6 is 0 Å². The number of ether oxygens (including phenoxy) is 1. The van der Waals surface area contributed by atoms with Crippen molar-refractivity contribution in [1.29, 1.82) is 0 Å². The first-order valence-corrected chi connectivity index (χ1v) is 13.5. The van der Waals surface area contributed by atoms with E-state index in [1.165, 1.54) is 16.5 Å². The van der Waals surface area contributed by atoms with Crippen LogP contribution in [0.15, 0.2) is 128 Å². The highest BCUT2D eigenvalue weighted by atomic mass is 16.5. The summed E-state index contributed by atoms with van der Waals surface area (Å²) in [6, 6.07) is 31.5. The average Bonchev–Trinajstić information content (AvgIpc) is 3.73. The van der Waals surface area contributed by atoms with Crippen LogP contribution in [-0.2, 0) is 0 Å². The van der Waals surface area contributed by atoms with E-state index in [0.717, 1.165) is 60.8 Å². The van der Waals surface area contributed by atoms with Gasteiger partial charge in [0, 0.05) is 52.5 Å². The standard InChI is InChI=1S/C35H21N5O/c1-2-5-22(6-3-1)25-7-4-8-31-33(25)28-12-10-24(20-30(28)35-38-15-17-39(31)35)41-23-9-11-26-27-13-14-36-21-32(27)40-18-16-37-34(40)29(26)19-23/h1-21H. The highest BCUT2D eigenvalue weighted by Gasteiger charge is 2.15. The zero-order chi connectivity index (χ0) is 26.9. The fourth-order valence-electron chi connectivity index (χ4n) is 6.21. The van der Waals surface area contributed by atoms with Crippen LogP contribution in [0, 0.1) is 0 Å². The topological polar surface area (TPSA) is 56.7 Å². The maximum absolute atomic E-state index is 6.50. The van der Waals surface area contributed by atoms with Crippen molar-refractivity contribution in [3.8, 4) is 22.6 Å². The van der Waals surface area contributed by atoms with Crippen molar-refractivity contribution in [2.24, 2.45) is 0 Å². The molecule has 0 aliphatic heterocycles. The molecule has 0 N–H and O–H groups in total.